The number of amides is 1. The van der Waals surface area contributed by atoms with Crippen LogP contribution in [0.15, 0.2) is 42.5 Å². The van der Waals surface area contributed by atoms with Gasteiger partial charge in [0.25, 0.3) is 11.6 Å². The molecule has 2 aromatic carbocycles. The number of non-ortho nitro benzene ring substituents is 1. The summed E-state index contributed by atoms with van der Waals surface area (Å²) in [6, 6.07) is 11.0. The maximum absolute atomic E-state index is 12.2. The number of carbonyl (C=O) groups is 1. The van der Waals surface area contributed by atoms with Crippen LogP contribution in [0, 0.1) is 10.1 Å². The lowest BCUT2D eigenvalue weighted by molar-refractivity contribution is -0.384. The van der Waals surface area contributed by atoms with E-state index >= 15 is 0 Å². The molecule has 3 rings (SSSR count). The van der Waals surface area contributed by atoms with Gasteiger partial charge in [-0.05, 0) is 41.0 Å². The van der Waals surface area contributed by atoms with Gasteiger partial charge in [-0.15, -0.1) is 0 Å². The van der Waals surface area contributed by atoms with Crippen LogP contribution in [-0.2, 0) is 18.0 Å². The molecule has 124 valence electrons. The van der Waals surface area contributed by atoms with Crippen molar-refractivity contribution in [2.75, 3.05) is 6.54 Å². The molecule has 0 radical (unpaired) electrons. The highest BCUT2D eigenvalue weighted by Gasteiger charge is 2.16. The van der Waals surface area contributed by atoms with Gasteiger partial charge in [-0.1, -0.05) is 6.07 Å². The second-order valence-corrected chi connectivity index (χ2v) is 5.55. The summed E-state index contributed by atoms with van der Waals surface area (Å²) in [5.74, 6) is -0.286. The largest absolute Gasteiger partial charge is 0.387 e. The second kappa shape index (κ2) is 6.77. The maximum atomic E-state index is 12.2. The first-order valence-corrected chi connectivity index (χ1v) is 7.45. The molecule has 0 aliphatic carbocycles. The Balaban J connectivity index is 1.60. The minimum atomic E-state index is -0.937. The number of hydrogen-bond acceptors (Lipinski definition) is 5. The average Bonchev–Trinajstić information content (AvgIpc) is 3.07. The second-order valence-electron chi connectivity index (χ2n) is 5.55. The number of carbonyl (C=O) groups excluding carboxylic acids is 1. The van der Waals surface area contributed by atoms with Crippen LogP contribution in [0.25, 0.3) is 0 Å². The van der Waals surface area contributed by atoms with Crippen molar-refractivity contribution in [3.05, 3.63) is 74.8 Å². The molecule has 0 saturated heterocycles. The monoisotopic (exact) mass is 328 g/mol. The molecular formula is C17H16N2O5. The number of nitro benzene ring substituents is 1. The third kappa shape index (κ3) is 3.42. The van der Waals surface area contributed by atoms with E-state index in [9.17, 15) is 20.0 Å². The molecule has 1 heterocycles. The van der Waals surface area contributed by atoms with Crippen LogP contribution in [0.4, 0.5) is 5.69 Å². The molecule has 2 N–H and O–H groups in total. The molecule has 24 heavy (non-hydrogen) atoms. The highest BCUT2D eigenvalue weighted by atomic mass is 16.6. The highest BCUT2D eigenvalue weighted by Crippen LogP contribution is 2.21. The number of rotatable bonds is 5. The molecule has 1 aliphatic heterocycles. The van der Waals surface area contributed by atoms with Gasteiger partial charge in [0, 0.05) is 24.2 Å². The molecule has 2 aromatic rings. The van der Waals surface area contributed by atoms with Crippen molar-refractivity contribution in [1.29, 1.82) is 0 Å². The van der Waals surface area contributed by atoms with E-state index in [-0.39, 0.29) is 18.1 Å². The Morgan fingerprint density at radius 3 is 2.62 bits per heavy atom. The number of nitrogens with one attached hydrogen (secondary N) is 1. The highest BCUT2D eigenvalue weighted by molar-refractivity contribution is 5.94. The van der Waals surface area contributed by atoms with Crippen molar-refractivity contribution in [2.24, 2.45) is 0 Å². The fourth-order valence-corrected chi connectivity index (χ4v) is 2.54. The van der Waals surface area contributed by atoms with Crippen LogP contribution in [-0.4, -0.2) is 22.5 Å². The zero-order valence-electron chi connectivity index (χ0n) is 12.8. The van der Waals surface area contributed by atoms with Crippen molar-refractivity contribution in [3.63, 3.8) is 0 Å². The van der Waals surface area contributed by atoms with Gasteiger partial charge in [-0.3, -0.25) is 14.9 Å². The van der Waals surface area contributed by atoms with E-state index in [0.717, 1.165) is 11.1 Å². The van der Waals surface area contributed by atoms with E-state index in [1.807, 2.05) is 6.07 Å². The average molecular weight is 328 g/mol. The van der Waals surface area contributed by atoms with Gasteiger partial charge in [0.05, 0.1) is 24.2 Å². The van der Waals surface area contributed by atoms with Crippen LogP contribution in [0.1, 0.15) is 33.2 Å². The first kappa shape index (κ1) is 16.1. The zero-order valence-corrected chi connectivity index (χ0v) is 12.8. The van der Waals surface area contributed by atoms with Crippen molar-refractivity contribution < 1.29 is 19.6 Å². The fraction of sp³-hybridized carbons (Fsp3) is 0.235. The molecule has 7 nitrogen and oxygen atoms in total. The number of benzene rings is 2. The Labute approximate surface area is 138 Å². The molecule has 0 bridgehead atoms. The van der Waals surface area contributed by atoms with Crippen LogP contribution < -0.4 is 5.32 Å². The Hall–Kier alpha value is -2.77. The summed E-state index contributed by atoms with van der Waals surface area (Å²) >= 11 is 0. The van der Waals surface area contributed by atoms with Gasteiger partial charge in [0.1, 0.15) is 0 Å². The SMILES string of the molecule is O=C(NC[C@H](O)c1ccc([N+](=O)[O-])cc1)c1ccc2c(c1)COC2. The predicted molar refractivity (Wildman–Crippen MR) is 85.3 cm³/mol. The van der Waals surface area contributed by atoms with Gasteiger partial charge >= 0.3 is 0 Å². The molecule has 0 fully saturated rings. The third-order valence-electron chi connectivity index (χ3n) is 3.93. The van der Waals surface area contributed by atoms with Gasteiger partial charge in [0.15, 0.2) is 0 Å². The van der Waals surface area contributed by atoms with Crippen LogP contribution in [0.3, 0.4) is 0 Å². The van der Waals surface area contributed by atoms with E-state index in [0.29, 0.717) is 24.3 Å². The molecule has 7 heteroatoms. The van der Waals surface area contributed by atoms with Crippen molar-refractivity contribution in [1.82, 2.24) is 5.32 Å². The van der Waals surface area contributed by atoms with E-state index in [1.165, 1.54) is 24.3 Å². The lowest BCUT2D eigenvalue weighted by atomic mass is 10.1. The number of nitrogens with zero attached hydrogens (tertiary/aromatic N) is 1. The quantitative estimate of drug-likeness (QED) is 0.646. The molecule has 1 atom stereocenters. The molecule has 0 spiro atoms. The summed E-state index contributed by atoms with van der Waals surface area (Å²) in [5, 5.41) is 23.4. The fourth-order valence-electron chi connectivity index (χ4n) is 2.54. The normalized spacial score (nSPS) is 14.0. The molecule has 1 amide bonds. The Bertz CT molecular complexity index is 773. The van der Waals surface area contributed by atoms with E-state index in [2.05, 4.69) is 5.32 Å². The Kier molecular flexibility index (Phi) is 4.54. The minimum Gasteiger partial charge on any atom is -0.387 e. The Morgan fingerprint density at radius 1 is 1.21 bits per heavy atom. The van der Waals surface area contributed by atoms with E-state index in [1.54, 1.807) is 12.1 Å². The number of nitro groups is 1. The van der Waals surface area contributed by atoms with Gasteiger partial charge in [-0.2, -0.15) is 0 Å². The van der Waals surface area contributed by atoms with Crippen molar-refractivity contribution in [3.8, 4) is 0 Å². The lowest BCUT2D eigenvalue weighted by Gasteiger charge is -2.12. The number of aliphatic hydroxyl groups excluding tert-OH is 1. The summed E-state index contributed by atoms with van der Waals surface area (Å²) in [5.41, 5.74) is 3.05. The van der Waals surface area contributed by atoms with Crippen molar-refractivity contribution in [2.45, 2.75) is 19.3 Å². The van der Waals surface area contributed by atoms with Gasteiger partial charge in [0.2, 0.25) is 0 Å². The summed E-state index contributed by atoms with van der Waals surface area (Å²) in [7, 11) is 0. The van der Waals surface area contributed by atoms with E-state index < -0.39 is 11.0 Å². The van der Waals surface area contributed by atoms with Crippen LogP contribution in [0.5, 0.6) is 0 Å². The topological polar surface area (TPSA) is 102 Å². The summed E-state index contributed by atoms with van der Waals surface area (Å²) in [4.78, 5) is 22.3. The molecule has 0 unspecified atom stereocenters. The summed E-state index contributed by atoms with van der Waals surface area (Å²) < 4.78 is 5.31. The van der Waals surface area contributed by atoms with Crippen LogP contribution in [0.2, 0.25) is 0 Å². The summed E-state index contributed by atoms with van der Waals surface area (Å²) in [6.07, 6.45) is -0.937. The molecule has 0 saturated carbocycles. The minimum absolute atomic E-state index is 0.0181. The lowest BCUT2D eigenvalue weighted by Crippen LogP contribution is -2.28. The maximum Gasteiger partial charge on any atom is 0.269 e. The number of hydrogen-bond donors (Lipinski definition) is 2. The zero-order chi connectivity index (χ0) is 17.1. The summed E-state index contributed by atoms with van der Waals surface area (Å²) in [6.45, 7) is 1.09. The standard InChI is InChI=1S/C17H16N2O5/c20-16(11-3-5-15(6-4-11)19(22)23)8-18-17(21)12-1-2-13-9-24-10-14(13)7-12/h1-7,16,20H,8-10H2,(H,18,21)/t16-/m0/s1. The first-order valence-electron chi connectivity index (χ1n) is 7.45. The first-order chi connectivity index (χ1) is 11.5. The van der Waals surface area contributed by atoms with E-state index in [4.69, 9.17) is 4.74 Å². The van der Waals surface area contributed by atoms with Gasteiger partial charge < -0.3 is 15.2 Å². The number of ether oxygens (including phenoxy) is 1. The smallest absolute Gasteiger partial charge is 0.269 e. The number of fused-ring (bicyclic) bond motifs is 1. The molecule has 1 aliphatic rings. The van der Waals surface area contributed by atoms with Crippen LogP contribution >= 0.6 is 0 Å². The molecule has 0 aromatic heterocycles. The Morgan fingerprint density at radius 2 is 1.92 bits per heavy atom. The molecular weight excluding hydrogens is 312 g/mol. The predicted octanol–water partition coefficient (Wildman–Crippen LogP) is 2.09. The van der Waals surface area contributed by atoms with Crippen molar-refractivity contribution >= 4 is 11.6 Å². The third-order valence-corrected chi connectivity index (χ3v) is 3.93. The van der Waals surface area contributed by atoms with Gasteiger partial charge in [-0.25, -0.2) is 0 Å². The number of aliphatic hydroxyl groups is 1.